The average molecular weight is 416 g/mol. The number of likely N-dealkylation sites (tertiary alicyclic amines) is 1. The summed E-state index contributed by atoms with van der Waals surface area (Å²) < 4.78 is 1.04. The van der Waals surface area contributed by atoms with E-state index in [-0.39, 0.29) is 17.7 Å². The van der Waals surface area contributed by atoms with Crippen molar-refractivity contribution in [3.05, 3.63) is 58.7 Å². The lowest BCUT2D eigenvalue weighted by molar-refractivity contribution is -0.134. The molecule has 6 heteroatoms. The van der Waals surface area contributed by atoms with E-state index in [1.807, 2.05) is 41.3 Å². The van der Waals surface area contributed by atoms with Crippen LogP contribution in [-0.4, -0.2) is 34.8 Å². The van der Waals surface area contributed by atoms with Gasteiger partial charge in [-0.1, -0.05) is 40.2 Å². The van der Waals surface area contributed by atoms with Gasteiger partial charge < -0.3 is 10.2 Å². The monoisotopic (exact) mass is 415 g/mol. The molecule has 26 heavy (non-hydrogen) atoms. The second-order valence-corrected chi connectivity index (χ2v) is 7.31. The predicted octanol–water partition coefficient (Wildman–Crippen LogP) is 3.65. The number of hydrogen-bond acceptors (Lipinski definition) is 3. The van der Waals surface area contributed by atoms with Crippen LogP contribution >= 0.6 is 15.9 Å². The molecule has 2 amide bonds. The van der Waals surface area contributed by atoms with Gasteiger partial charge in [-0.3, -0.25) is 9.59 Å². The van der Waals surface area contributed by atoms with E-state index < -0.39 is 0 Å². The van der Waals surface area contributed by atoms with Gasteiger partial charge in [0.15, 0.2) is 0 Å². The van der Waals surface area contributed by atoms with E-state index in [1.165, 1.54) is 0 Å². The Balaban J connectivity index is 1.45. The summed E-state index contributed by atoms with van der Waals surface area (Å²) in [6, 6.07) is 13.4. The highest BCUT2D eigenvalue weighted by atomic mass is 79.9. The van der Waals surface area contributed by atoms with Crippen molar-refractivity contribution in [1.29, 1.82) is 0 Å². The Morgan fingerprint density at radius 3 is 2.54 bits per heavy atom. The minimum Gasteiger partial charge on any atom is -0.343 e. The van der Waals surface area contributed by atoms with Gasteiger partial charge in [0.05, 0.1) is 0 Å². The Morgan fingerprint density at radius 1 is 1.12 bits per heavy atom. The number of hydrogen-bond donors (Lipinski definition) is 1. The first kappa shape index (κ1) is 18.6. The standard InChI is InChI=1S/C20H22BrN3O2/c21-17-6-2-1-5-15(17)8-9-19(25)24-13-10-16(11-14-24)20(26)23-18-7-3-4-12-22-18/h1-7,12,16H,8-11,13-14H2,(H,22,23,26). The Kier molecular flexibility index (Phi) is 6.39. The second kappa shape index (κ2) is 8.94. The van der Waals surface area contributed by atoms with Gasteiger partial charge >= 0.3 is 0 Å². The molecular weight excluding hydrogens is 394 g/mol. The van der Waals surface area contributed by atoms with E-state index in [0.717, 1.165) is 16.5 Å². The summed E-state index contributed by atoms with van der Waals surface area (Å²) in [5.74, 6) is 0.655. The van der Waals surface area contributed by atoms with Crippen molar-refractivity contribution in [2.75, 3.05) is 18.4 Å². The highest BCUT2D eigenvalue weighted by Gasteiger charge is 2.27. The van der Waals surface area contributed by atoms with Crippen molar-refractivity contribution in [2.45, 2.75) is 25.7 Å². The summed E-state index contributed by atoms with van der Waals surface area (Å²) >= 11 is 3.52. The highest BCUT2D eigenvalue weighted by Crippen LogP contribution is 2.21. The molecule has 1 saturated heterocycles. The lowest BCUT2D eigenvalue weighted by Gasteiger charge is -2.31. The summed E-state index contributed by atoms with van der Waals surface area (Å²) in [5.41, 5.74) is 1.14. The first-order chi connectivity index (χ1) is 12.6. The molecular formula is C20H22BrN3O2. The first-order valence-electron chi connectivity index (χ1n) is 8.86. The molecule has 0 spiro atoms. The fraction of sp³-hybridized carbons (Fsp3) is 0.350. The van der Waals surface area contributed by atoms with E-state index in [9.17, 15) is 9.59 Å². The second-order valence-electron chi connectivity index (χ2n) is 6.45. The van der Waals surface area contributed by atoms with Crippen LogP contribution in [0.4, 0.5) is 5.82 Å². The number of halogens is 1. The van der Waals surface area contributed by atoms with E-state index in [2.05, 4.69) is 26.2 Å². The largest absolute Gasteiger partial charge is 0.343 e. The summed E-state index contributed by atoms with van der Waals surface area (Å²) in [6.45, 7) is 1.27. The Bertz CT molecular complexity index is 759. The number of rotatable bonds is 5. The van der Waals surface area contributed by atoms with E-state index in [4.69, 9.17) is 0 Å². The van der Waals surface area contributed by atoms with E-state index in [0.29, 0.717) is 38.2 Å². The van der Waals surface area contributed by atoms with E-state index >= 15 is 0 Å². The number of piperidine rings is 1. The molecule has 0 radical (unpaired) electrons. The van der Waals surface area contributed by atoms with Crippen LogP contribution in [0.1, 0.15) is 24.8 Å². The van der Waals surface area contributed by atoms with E-state index in [1.54, 1.807) is 12.3 Å². The van der Waals surface area contributed by atoms with Crippen molar-refractivity contribution in [1.82, 2.24) is 9.88 Å². The number of nitrogens with zero attached hydrogens (tertiary/aromatic N) is 2. The molecule has 0 unspecified atom stereocenters. The summed E-state index contributed by atoms with van der Waals surface area (Å²) in [5, 5.41) is 2.85. The van der Waals surface area contributed by atoms with Crippen LogP contribution in [0.5, 0.6) is 0 Å². The van der Waals surface area contributed by atoms with Crippen molar-refractivity contribution in [2.24, 2.45) is 5.92 Å². The zero-order valence-corrected chi connectivity index (χ0v) is 16.1. The molecule has 1 fully saturated rings. The number of carbonyl (C=O) groups excluding carboxylic acids is 2. The van der Waals surface area contributed by atoms with Gasteiger partial charge in [-0.15, -0.1) is 0 Å². The van der Waals surface area contributed by atoms with Gasteiger partial charge in [-0.05, 0) is 43.0 Å². The van der Waals surface area contributed by atoms with Crippen molar-refractivity contribution in [3.8, 4) is 0 Å². The maximum Gasteiger partial charge on any atom is 0.228 e. The summed E-state index contributed by atoms with van der Waals surface area (Å²) in [7, 11) is 0. The molecule has 1 aliphatic heterocycles. The first-order valence-corrected chi connectivity index (χ1v) is 9.66. The van der Waals surface area contributed by atoms with Crippen molar-refractivity contribution >= 4 is 33.6 Å². The number of nitrogens with one attached hydrogen (secondary N) is 1. The Hall–Kier alpha value is -2.21. The maximum atomic E-state index is 12.5. The molecule has 0 saturated carbocycles. The van der Waals surface area contributed by atoms with Crippen LogP contribution in [0, 0.1) is 5.92 Å². The minimum absolute atomic E-state index is 0.0102. The Labute approximate surface area is 161 Å². The Morgan fingerprint density at radius 2 is 1.85 bits per heavy atom. The molecule has 0 aliphatic carbocycles. The predicted molar refractivity (Wildman–Crippen MR) is 105 cm³/mol. The third kappa shape index (κ3) is 4.91. The smallest absolute Gasteiger partial charge is 0.228 e. The number of carbonyl (C=O) groups is 2. The zero-order valence-electron chi connectivity index (χ0n) is 14.5. The average Bonchev–Trinajstić information content (AvgIpc) is 2.68. The minimum atomic E-state index is -0.0654. The fourth-order valence-corrected chi connectivity index (χ4v) is 3.64. The van der Waals surface area contributed by atoms with Crippen LogP contribution in [0.15, 0.2) is 53.1 Å². The SMILES string of the molecule is O=C(Nc1ccccn1)C1CCN(C(=O)CCc2ccccc2Br)CC1. The third-order valence-corrected chi connectivity index (χ3v) is 5.47. The molecule has 0 bridgehead atoms. The van der Waals surface area contributed by atoms with Gasteiger partial charge in [0.1, 0.15) is 5.82 Å². The topological polar surface area (TPSA) is 62.3 Å². The number of anilines is 1. The molecule has 136 valence electrons. The third-order valence-electron chi connectivity index (χ3n) is 4.70. The normalized spacial score (nSPS) is 14.9. The molecule has 5 nitrogen and oxygen atoms in total. The number of aromatic nitrogens is 1. The van der Waals surface area contributed by atoms with Gasteiger partial charge in [-0.25, -0.2) is 4.98 Å². The van der Waals surface area contributed by atoms with Crippen LogP contribution in [0.3, 0.4) is 0 Å². The van der Waals surface area contributed by atoms with Crippen molar-refractivity contribution < 1.29 is 9.59 Å². The van der Waals surface area contributed by atoms with Gasteiger partial charge in [-0.2, -0.15) is 0 Å². The fourth-order valence-electron chi connectivity index (χ4n) is 3.16. The van der Waals surface area contributed by atoms with Crippen molar-refractivity contribution in [3.63, 3.8) is 0 Å². The number of amides is 2. The number of benzene rings is 1. The van der Waals surface area contributed by atoms with Gasteiger partial charge in [0.25, 0.3) is 0 Å². The lowest BCUT2D eigenvalue weighted by atomic mass is 9.95. The van der Waals surface area contributed by atoms with Crippen LogP contribution in [0.2, 0.25) is 0 Å². The molecule has 2 heterocycles. The summed E-state index contributed by atoms with van der Waals surface area (Å²) in [6.07, 6.45) is 4.26. The zero-order chi connectivity index (χ0) is 18.4. The summed E-state index contributed by atoms with van der Waals surface area (Å²) in [4.78, 5) is 30.8. The molecule has 1 N–H and O–H groups in total. The molecule has 1 aromatic heterocycles. The van der Waals surface area contributed by atoms with Gasteiger partial charge in [0, 0.05) is 36.1 Å². The molecule has 2 aromatic rings. The molecule has 1 aromatic carbocycles. The highest BCUT2D eigenvalue weighted by molar-refractivity contribution is 9.10. The number of aryl methyl sites for hydroxylation is 1. The van der Waals surface area contributed by atoms with Gasteiger partial charge in [0.2, 0.25) is 11.8 Å². The molecule has 1 aliphatic rings. The van der Waals surface area contributed by atoms with Crippen LogP contribution < -0.4 is 5.32 Å². The molecule has 3 rings (SSSR count). The van der Waals surface area contributed by atoms with Crippen LogP contribution in [0.25, 0.3) is 0 Å². The van der Waals surface area contributed by atoms with Crippen LogP contribution in [-0.2, 0) is 16.0 Å². The number of pyridine rings is 1. The lowest BCUT2D eigenvalue weighted by Crippen LogP contribution is -2.41. The maximum absolute atomic E-state index is 12.5. The quantitative estimate of drug-likeness (QED) is 0.810. The molecule has 0 atom stereocenters.